The summed E-state index contributed by atoms with van der Waals surface area (Å²) in [5, 5.41) is 10.3. The van der Waals surface area contributed by atoms with E-state index in [4.69, 9.17) is 0 Å². The maximum atomic E-state index is 12.5. The minimum Gasteiger partial charge on any atom is -0.427 e. The van der Waals surface area contributed by atoms with Crippen molar-refractivity contribution in [1.29, 1.82) is 0 Å². The minimum atomic E-state index is -3.23. The molecule has 0 amide bonds. The van der Waals surface area contributed by atoms with Gasteiger partial charge in [0, 0.05) is 12.1 Å². The molecule has 0 aliphatic rings. The highest BCUT2D eigenvalue weighted by atomic mass is 19.3. The number of nitro groups is 1. The highest BCUT2D eigenvalue weighted by molar-refractivity contribution is 5.46. The van der Waals surface area contributed by atoms with Crippen molar-refractivity contribution in [1.82, 2.24) is 0 Å². The van der Waals surface area contributed by atoms with Gasteiger partial charge in [-0.05, 0) is 6.07 Å². The highest BCUT2D eigenvalue weighted by Crippen LogP contribution is 2.28. The van der Waals surface area contributed by atoms with Crippen molar-refractivity contribution in [3.05, 3.63) is 34.1 Å². The molecule has 7 heteroatoms. The fraction of sp³-hybridized carbons (Fsp3) is 0.143. The Morgan fingerprint density at radius 1 is 1.43 bits per heavy atom. The molecule has 14 heavy (non-hydrogen) atoms. The van der Waals surface area contributed by atoms with Crippen molar-refractivity contribution in [3.63, 3.8) is 0 Å². The number of hydrogen-bond donors (Lipinski definition) is 0. The van der Waals surface area contributed by atoms with Crippen LogP contribution in [0.25, 0.3) is 0 Å². The molecule has 1 aromatic rings. The fourth-order valence-electron chi connectivity index (χ4n) is 0.829. The first-order chi connectivity index (χ1) is 6.50. The van der Waals surface area contributed by atoms with E-state index in [1.165, 1.54) is 0 Å². The topological polar surface area (TPSA) is 52.4 Å². The normalized spacial score (nSPS) is 10.3. The van der Waals surface area contributed by atoms with Gasteiger partial charge in [0.05, 0.1) is 4.92 Å². The standard InChI is InChI=1S/C7H4F3NO3/c8-4-1-2-5(11(12)13)6(3-4)14-7(9)10/h1-3,7H. The van der Waals surface area contributed by atoms with Gasteiger partial charge in [-0.3, -0.25) is 10.1 Å². The van der Waals surface area contributed by atoms with Gasteiger partial charge in [-0.1, -0.05) is 0 Å². The monoisotopic (exact) mass is 207 g/mol. The lowest BCUT2D eigenvalue weighted by atomic mass is 10.3. The third-order valence-corrected chi connectivity index (χ3v) is 1.33. The Balaban J connectivity index is 3.09. The van der Waals surface area contributed by atoms with Gasteiger partial charge in [0.2, 0.25) is 5.75 Å². The summed E-state index contributed by atoms with van der Waals surface area (Å²) in [5.41, 5.74) is -0.702. The van der Waals surface area contributed by atoms with Crippen LogP contribution in [0.2, 0.25) is 0 Å². The molecule has 0 aliphatic heterocycles. The van der Waals surface area contributed by atoms with Crippen molar-refractivity contribution in [2.45, 2.75) is 6.61 Å². The summed E-state index contributed by atoms with van der Waals surface area (Å²) in [4.78, 5) is 9.34. The maximum Gasteiger partial charge on any atom is 0.387 e. The fourth-order valence-corrected chi connectivity index (χ4v) is 0.829. The molecule has 0 heterocycles. The molecule has 0 saturated heterocycles. The van der Waals surface area contributed by atoms with Gasteiger partial charge in [-0.2, -0.15) is 8.78 Å². The lowest BCUT2D eigenvalue weighted by molar-refractivity contribution is -0.386. The minimum absolute atomic E-state index is 0.532. The molecule has 4 nitrogen and oxygen atoms in total. The van der Waals surface area contributed by atoms with E-state index >= 15 is 0 Å². The number of alkyl halides is 2. The Kier molecular flexibility index (Phi) is 2.90. The van der Waals surface area contributed by atoms with Crippen LogP contribution < -0.4 is 4.74 Å². The summed E-state index contributed by atoms with van der Waals surface area (Å²) < 4.78 is 39.7. The molecule has 0 radical (unpaired) electrons. The van der Waals surface area contributed by atoms with Crippen LogP contribution in [0.1, 0.15) is 0 Å². The van der Waals surface area contributed by atoms with Crippen LogP contribution in [0.5, 0.6) is 5.75 Å². The number of hydrogen-bond acceptors (Lipinski definition) is 3. The van der Waals surface area contributed by atoms with E-state index in [0.717, 1.165) is 12.1 Å². The van der Waals surface area contributed by atoms with Gasteiger partial charge in [-0.15, -0.1) is 0 Å². The van der Waals surface area contributed by atoms with Crippen molar-refractivity contribution in [2.24, 2.45) is 0 Å². The molecule has 0 fully saturated rings. The zero-order valence-corrected chi connectivity index (χ0v) is 6.62. The Morgan fingerprint density at radius 3 is 2.57 bits per heavy atom. The molecule has 0 N–H and O–H groups in total. The predicted octanol–water partition coefficient (Wildman–Crippen LogP) is 2.34. The molecule has 0 saturated carbocycles. The van der Waals surface area contributed by atoms with Gasteiger partial charge in [0.15, 0.2) is 0 Å². The Morgan fingerprint density at radius 2 is 2.07 bits per heavy atom. The Labute approximate surface area is 76.1 Å². The summed E-state index contributed by atoms with van der Waals surface area (Å²) in [5.74, 6) is -1.67. The Hall–Kier alpha value is -1.79. The summed E-state index contributed by atoms with van der Waals surface area (Å²) in [7, 11) is 0. The number of ether oxygens (including phenoxy) is 1. The average molecular weight is 207 g/mol. The summed E-state index contributed by atoms with van der Waals surface area (Å²) in [6, 6.07) is 2.08. The van der Waals surface area contributed by atoms with Crippen LogP contribution in [-0.2, 0) is 0 Å². The van der Waals surface area contributed by atoms with Crippen LogP contribution in [0.15, 0.2) is 18.2 Å². The smallest absolute Gasteiger partial charge is 0.387 e. The van der Waals surface area contributed by atoms with Crippen molar-refractivity contribution < 1.29 is 22.8 Å². The molecule has 1 rings (SSSR count). The largest absolute Gasteiger partial charge is 0.427 e. The van der Waals surface area contributed by atoms with Crippen LogP contribution in [0.3, 0.4) is 0 Å². The quantitative estimate of drug-likeness (QED) is 0.564. The van der Waals surface area contributed by atoms with Gasteiger partial charge in [0.25, 0.3) is 0 Å². The van der Waals surface area contributed by atoms with Crippen molar-refractivity contribution in [2.75, 3.05) is 0 Å². The van der Waals surface area contributed by atoms with E-state index in [-0.39, 0.29) is 0 Å². The number of benzene rings is 1. The molecule has 0 bridgehead atoms. The molecule has 0 aliphatic carbocycles. The zero-order valence-electron chi connectivity index (χ0n) is 6.62. The molecular formula is C7H4F3NO3. The molecule has 0 unspecified atom stereocenters. The third kappa shape index (κ3) is 2.35. The molecule has 1 aromatic carbocycles. The van der Waals surface area contributed by atoms with E-state index < -0.39 is 28.8 Å². The first-order valence-corrected chi connectivity index (χ1v) is 3.39. The summed E-state index contributed by atoms with van der Waals surface area (Å²) >= 11 is 0. The van der Waals surface area contributed by atoms with Crippen LogP contribution in [-0.4, -0.2) is 11.5 Å². The molecule has 76 valence electrons. The van der Waals surface area contributed by atoms with Crippen molar-refractivity contribution >= 4 is 5.69 Å². The lowest BCUT2D eigenvalue weighted by Gasteiger charge is -2.04. The predicted molar refractivity (Wildman–Crippen MR) is 39.7 cm³/mol. The first kappa shape index (κ1) is 10.3. The van der Waals surface area contributed by atoms with Crippen LogP contribution >= 0.6 is 0 Å². The molecule has 0 atom stereocenters. The van der Waals surface area contributed by atoms with E-state index in [1.807, 2.05) is 0 Å². The summed E-state index contributed by atoms with van der Waals surface area (Å²) in [6.07, 6.45) is 0. The second-order valence-electron chi connectivity index (χ2n) is 2.25. The van der Waals surface area contributed by atoms with Crippen LogP contribution in [0.4, 0.5) is 18.9 Å². The number of halogens is 3. The van der Waals surface area contributed by atoms with Crippen molar-refractivity contribution in [3.8, 4) is 5.75 Å². The number of nitro benzene ring substituents is 1. The third-order valence-electron chi connectivity index (χ3n) is 1.33. The highest BCUT2D eigenvalue weighted by Gasteiger charge is 2.18. The molecule has 0 spiro atoms. The summed E-state index contributed by atoms with van der Waals surface area (Å²) in [6.45, 7) is -3.23. The zero-order chi connectivity index (χ0) is 10.7. The second-order valence-corrected chi connectivity index (χ2v) is 2.25. The SMILES string of the molecule is O=[N+]([O-])c1ccc(F)cc1OC(F)F. The first-order valence-electron chi connectivity index (χ1n) is 3.39. The lowest BCUT2D eigenvalue weighted by Crippen LogP contribution is -2.04. The maximum absolute atomic E-state index is 12.5. The molecular weight excluding hydrogens is 203 g/mol. The van der Waals surface area contributed by atoms with Gasteiger partial charge in [0.1, 0.15) is 5.82 Å². The van der Waals surface area contributed by atoms with Gasteiger partial charge < -0.3 is 4.74 Å². The molecule has 0 aromatic heterocycles. The average Bonchev–Trinajstić information content (AvgIpc) is 2.01. The van der Waals surface area contributed by atoms with Gasteiger partial charge >= 0.3 is 12.3 Å². The van der Waals surface area contributed by atoms with Crippen LogP contribution in [0, 0.1) is 15.9 Å². The number of nitrogens with zero attached hydrogens (tertiary/aromatic N) is 1. The van der Waals surface area contributed by atoms with E-state index in [2.05, 4.69) is 4.74 Å². The number of rotatable bonds is 3. The van der Waals surface area contributed by atoms with E-state index in [9.17, 15) is 23.3 Å². The van der Waals surface area contributed by atoms with E-state index in [1.54, 1.807) is 0 Å². The van der Waals surface area contributed by atoms with Gasteiger partial charge in [-0.25, -0.2) is 4.39 Å². The van der Waals surface area contributed by atoms with E-state index in [0.29, 0.717) is 6.07 Å². The Bertz CT molecular complexity index is 356. The second kappa shape index (κ2) is 3.95.